The lowest BCUT2D eigenvalue weighted by Crippen LogP contribution is -2.62. The highest BCUT2D eigenvalue weighted by Crippen LogP contribution is 2.37. The van der Waals surface area contributed by atoms with Crippen molar-refractivity contribution < 1.29 is 9.59 Å². The van der Waals surface area contributed by atoms with E-state index >= 15 is 0 Å². The molecule has 5 nitrogen and oxygen atoms in total. The minimum absolute atomic E-state index is 0.0161. The molecule has 2 N–H and O–H groups in total. The first kappa shape index (κ1) is 24.1. The fraction of sp³-hybridized carbons (Fsp3) is 0.448. The highest BCUT2D eigenvalue weighted by molar-refractivity contribution is 5.94. The van der Waals surface area contributed by atoms with Gasteiger partial charge in [0.15, 0.2) is 0 Å². The molecule has 0 bridgehead atoms. The highest BCUT2D eigenvalue weighted by Gasteiger charge is 2.44. The minimum atomic E-state index is -0.218. The fourth-order valence-corrected chi connectivity index (χ4v) is 5.87. The summed E-state index contributed by atoms with van der Waals surface area (Å²) >= 11 is 0. The first-order valence-corrected chi connectivity index (χ1v) is 12.6. The maximum absolute atomic E-state index is 13.6. The van der Waals surface area contributed by atoms with E-state index in [2.05, 4.69) is 72.7 Å². The summed E-state index contributed by atoms with van der Waals surface area (Å²) in [5.74, 6) is 0.638. The average molecular weight is 460 g/mol. The Labute approximate surface area is 203 Å². The molecule has 4 rings (SSSR count). The lowest BCUT2D eigenvalue weighted by molar-refractivity contribution is -0.132. The van der Waals surface area contributed by atoms with Gasteiger partial charge in [0.05, 0.1) is 6.04 Å². The summed E-state index contributed by atoms with van der Waals surface area (Å²) in [6.07, 6.45) is 6.03. The Morgan fingerprint density at radius 3 is 2.38 bits per heavy atom. The second kappa shape index (κ2) is 10.5. The molecule has 2 atom stereocenters. The zero-order valence-corrected chi connectivity index (χ0v) is 20.8. The standard InChI is InChI=1S/C29H37N3O2/c1-5-20(6-2)27-29(34)31-26(24-16-21-12-8-9-13-22(21)17-24)25(7-3)32(27)18-19-11-10-14-23(15-19)28(33)30-4/h7-15,20,24,26-27H,5-6,16-18H2,1-4H3,(H,30,33)(H,31,34)/b25-7-/t26-,27-/m1/s1. The Morgan fingerprint density at radius 1 is 1.12 bits per heavy atom. The normalized spacial score (nSPS) is 21.6. The lowest BCUT2D eigenvalue weighted by atomic mass is 9.84. The minimum Gasteiger partial charge on any atom is -0.357 e. The van der Waals surface area contributed by atoms with Gasteiger partial charge in [-0.25, -0.2) is 0 Å². The molecule has 1 heterocycles. The molecule has 2 aliphatic rings. The van der Waals surface area contributed by atoms with Gasteiger partial charge in [-0.2, -0.15) is 0 Å². The summed E-state index contributed by atoms with van der Waals surface area (Å²) in [5, 5.41) is 6.14. The Bertz CT molecular complexity index is 1050. The van der Waals surface area contributed by atoms with Crippen LogP contribution in [0.2, 0.25) is 0 Å². The lowest BCUT2D eigenvalue weighted by Gasteiger charge is -2.47. The van der Waals surface area contributed by atoms with E-state index in [1.165, 1.54) is 16.8 Å². The number of hydrogen-bond acceptors (Lipinski definition) is 3. The summed E-state index contributed by atoms with van der Waals surface area (Å²) in [4.78, 5) is 28.2. The number of hydrogen-bond donors (Lipinski definition) is 2. The number of allylic oxidation sites excluding steroid dienone is 1. The fourth-order valence-electron chi connectivity index (χ4n) is 5.87. The van der Waals surface area contributed by atoms with Crippen LogP contribution in [0.5, 0.6) is 0 Å². The van der Waals surface area contributed by atoms with Crippen LogP contribution in [0.3, 0.4) is 0 Å². The summed E-state index contributed by atoms with van der Waals surface area (Å²) in [5.41, 5.74) is 5.66. The van der Waals surface area contributed by atoms with E-state index in [4.69, 9.17) is 0 Å². The van der Waals surface area contributed by atoms with E-state index in [0.717, 1.165) is 31.2 Å². The second-order valence-electron chi connectivity index (χ2n) is 9.57. The van der Waals surface area contributed by atoms with Crippen LogP contribution in [0.25, 0.3) is 0 Å². The number of benzene rings is 2. The zero-order valence-electron chi connectivity index (χ0n) is 20.8. The number of piperazine rings is 1. The van der Waals surface area contributed by atoms with Gasteiger partial charge < -0.3 is 15.5 Å². The number of rotatable bonds is 7. The van der Waals surface area contributed by atoms with Crippen molar-refractivity contribution in [3.05, 3.63) is 82.6 Å². The van der Waals surface area contributed by atoms with E-state index in [1.54, 1.807) is 7.05 Å². The maximum Gasteiger partial charge on any atom is 0.251 e. The molecular formula is C29H37N3O2. The number of carbonyl (C=O) groups excluding carboxylic acids is 2. The van der Waals surface area contributed by atoms with Gasteiger partial charge in [-0.05, 0) is 60.4 Å². The number of fused-ring (bicyclic) bond motifs is 1. The molecule has 0 spiro atoms. The zero-order chi connectivity index (χ0) is 24.2. The molecule has 0 aromatic heterocycles. The van der Waals surface area contributed by atoms with Gasteiger partial charge in [0, 0.05) is 24.9 Å². The SMILES string of the molecule is C/C=C1/[C@@H](C2Cc3ccccc3C2)NC(=O)[C@@H](C(CC)CC)N1Cc1cccc(C(=O)NC)c1. The molecule has 1 aliphatic carbocycles. The predicted molar refractivity (Wildman–Crippen MR) is 136 cm³/mol. The van der Waals surface area contributed by atoms with E-state index in [-0.39, 0.29) is 29.8 Å². The maximum atomic E-state index is 13.6. The first-order valence-electron chi connectivity index (χ1n) is 12.6. The summed E-state index contributed by atoms with van der Waals surface area (Å²) in [6.45, 7) is 7.02. The molecule has 34 heavy (non-hydrogen) atoms. The molecule has 0 radical (unpaired) electrons. The van der Waals surface area contributed by atoms with Crippen molar-refractivity contribution in [2.75, 3.05) is 7.05 Å². The van der Waals surface area contributed by atoms with Crippen LogP contribution >= 0.6 is 0 Å². The van der Waals surface area contributed by atoms with Gasteiger partial charge in [0.1, 0.15) is 6.04 Å². The molecule has 0 unspecified atom stereocenters. The molecule has 5 heteroatoms. The predicted octanol–water partition coefficient (Wildman–Crippen LogP) is 4.47. The van der Waals surface area contributed by atoms with Gasteiger partial charge in [-0.1, -0.05) is 69.2 Å². The first-order chi connectivity index (χ1) is 16.5. The van der Waals surface area contributed by atoms with Crippen LogP contribution < -0.4 is 10.6 Å². The van der Waals surface area contributed by atoms with Gasteiger partial charge in [0.25, 0.3) is 5.91 Å². The molecule has 1 fully saturated rings. The molecular weight excluding hydrogens is 422 g/mol. The van der Waals surface area contributed by atoms with Crippen molar-refractivity contribution >= 4 is 11.8 Å². The Morgan fingerprint density at radius 2 is 1.79 bits per heavy atom. The van der Waals surface area contributed by atoms with Crippen LogP contribution in [0, 0.1) is 11.8 Å². The van der Waals surface area contributed by atoms with E-state index in [0.29, 0.717) is 18.0 Å². The summed E-state index contributed by atoms with van der Waals surface area (Å²) < 4.78 is 0. The molecule has 180 valence electrons. The van der Waals surface area contributed by atoms with E-state index < -0.39 is 0 Å². The van der Waals surface area contributed by atoms with Crippen molar-refractivity contribution in [1.29, 1.82) is 0 Å². The van der Waals surface area contributed by atoms with Crippen LogP contribution in [-0.4, -0.2) is 35.8 Å². The highest BCUT2D eigenvalue weighted by atomic mass is 16.2. The topological polar surface area (TPSA) is 61.4 Å². The van der Waals surface area contributed by atoms with E-state index in [9.17, 15) is 9.59 Å². The molecule has 1 aliphatic heterocycles. The third-order valence-electron chi connectivity index (χ3n) is 7.67. The van der Waals surface area contributed by atoms with Gasteiger partial charge in [-0.15, -0.1) is 0 Å². The Kier molecular flexibility index (Phi) is 7.40. The molecule has 2 aromatic carbocycles. The monoisotopic (exact) mass is 459 g/mol. The summed E-state index contributed by atoms with van der Waals surface area (Å²) in [6, 6.07) is 16.2. The van der Waals surface area contributed by atoms with Crippen LogP contribution in [0.4, 0.5) is 0 Å². The van der Waals surface area contributed by atoms with Crippen LogP contribution in [0.1, 0.15) is 60.7 Å². The Hall–Kier alpha value is -3.08. The largest absolute Gasteiger partial charge is 0.357 e. The van der Waals surface area contributed by atoms with Crippen molar-refractivity contribution in [2.24, 2.45) is 11.8 Å². The van der Waals surface area contributed by atoms with Gasteiger partial charge in [-0.3, -0.25) is 9.59 Å². The third-order valence-corrected chi connectivity index (χ3v) is 7.67. The third kappa shape index (κ3) is 4.61. The van der Waals surface area contributed by atoms with Crippen molar-refractivity contribution in [3.8, 4) is 0 Å². The van der Waals surface area contributed by atoms with Gasteiger partial charge >= 0.3 is 0 Å². The second-order valence-corrected chi connectivity index (χ2v) is 9.57. The molecule has 1 saturated heterocycles. The van der Waals surface area contributed by atoms with Crippen LogP contribution in [0.15, 0.2) is 60.3 Å². The molecule has 0 saturated carbocycles. The van der Waals surface area contributed by atoms with Gasteiger partial charge in [0.2, 0.25) is 5.91 Å². The number of nitrogens with zero attached hydrogens (tertiary/aromatic N) is 1. The molecule has 2 aromatic rings. The average Bonchev–Trinajstić information content (AvgIpc) is 3.30. The van der Waals surface area contributed by atoms with Crippen molar-refractivity contribution in [1.82, 2.24) is 15.5 Å². The van der Waals surface area contributed by atoms with E-state index in [1.807, 2.05) is 18.2 Å². The van der Waals surface area contributed by atoms with Crippen molar-refractivity contribution in [2.45, 2.75) is 65.1 Å². The molecule has 2 amide bonds. The van der Waals surface area contributed by atoms with Crippen LogP contribution in [-0.2, 0) is 24.2 Å². The number of amides is 2. The quantitative estimate of drug-likeness (QED) is 0.642. The smallest absolute Gasteiger partial charge is 0.251 e. The number of carbonyl (C=O) groups is 2. The summed E-state index contributed by atoms with van der Waals surface area (Å²) in [7, 11) is 1.65. The van der Waals surface area contributed by atoms with Crippen molar-refractivity contribution in [3.63, 3.8) is 0 Å². The number of nitrogens with one attached hydrogen (secondary N) is 2. The Balaban J connectivity index is 1.68.